The van der Waals surface area contributed by atoms with Gasteiger partial charge in [-0.3, -0.25) is 19.3 Å². The van der Waals surface area contributed by atoms with E-state index in [1.807, 2.05) is 0 Å². The highest BCUT2D eigenvalue weighted by atomic mass is 19.4. The first-order valence-electron chi connectivity index (χ1n) is 13.6. The van der Waals surface area contributed by atoms with Gasteiger partial charge in [0.1, 0.15) is 29.7 Å². The maximum atomic E-state index is 14.9. The molecular weight excluding hydrogens is 630 g/mol. The van der Waals surface area contributed by atoms with Gasteiger partial charge in [0, 0.05) is 29.8 Å². The van der Waals surface area contributed by atoms with Crippen LogP contribution in [0.2, 0.25) is 0 Å². The summed E-state index contributed by atoms with van der Waals surface area (Å²) in [6.45, 7) is -1.17. The summed E-state index contributed by atoms with van der Waals surface area (Å²) in [4.78, 5) is 29.4. The molecule has 46 heavy (non-hydrogen) atoms. The molecule has 8 nitrogen and oxygen atoms in total. The number of primary amides is 1. The van der Waals surface area contributed by atoms with Gasteiger partial charge in [-0.1, -0.05) is 12.1 Å². The van der Waals surface area contributed by atoms with Gasteiger partial charge in [0.2, 0.25) is 5.91 Å². The minimum Gasteiger partial charge on any atom is -0.388 e. The Hall–Kier alpha value is -4.86. The average Bonchev–Trinajstić information content (AvgIpc) is 3.36. The fraction of sp³-hybridized carbons (Fsp3) is 0.267. The summed E-state index contributed by atoms with van der Waals surface area (Å²) < 4.78 is 114. The zero-order chi connectivity index (χ0) is 33.6. The number of hydrogen-bond donors (Lipinski definition) is 3. The molecule has 0 fully saturated rings. The number of pyridine rings is 1. The van der Waals surface area contributed by atoms with Gasteiger partial charge in [-0.05, 0) is 54.3 Å². The third kappa shape index (κ3) is 6.56. The van der Waals surface area contributed by atoms with Crippen LogP contribution >= 0.6 is 0 Å². The fourth-order valence-corrected chi connectivity index (χ4v) is 5.46. The first-order valence-corrected chi connectivity index (χ1v) is 13.6. The molecule has 1 aliphatic rings. The van der Waals surface area contributed by atoms with Gasteiger partial charge in [-0.15, -0.1) is 0 Å². The van der Waals surface area contributed by atoms with Gasteiger partial charge in [-0.2, -0.15) is 27.1 Å². The van der Waals surface area contributed by atoms with Crippen LogP contribution in [0, 0.1) is 17.5 Å². The highest BCUT2D eigenvalue weighted by Crippen LogP contribution is 2.48. The van der Waals surface area contributed by atoms with Crippen molar-refractivity contribution in [2.45, 2.75) is 50.1 Å². The molecule has 2 aromatic carbocycles. The van der Waals surface area contributed by atoms with Crippen LogP contribution in [0.1, 0.15) is 63.6 Å². The minimum absolute atomic E-state index is 0.00164. The normalized spacial score (nSPS) is 16.5. The largest absolute Gasteiger partial charge is 0.435 e. The first-order chi connectivity index (χ1) is 21.5. The summed E-state index contributed by atoms with van der Waals surface area (Å²) in [6.07, 6.45) is -7.89. The number of fused-ring (bicyclic) bond motifs is 1. The molecular formula is C30H23F8N5O3. The molecule has 2 heterocycles. The van der Waals surface area contributed by atoms with Crippen LogP contribution in [-0.4, -0.2) is 31.7 Å². The smallest absolute Gasteiger partial charge is 0.388 e. The highest BCUT2D eigenvalue weighted by Gasteiger charge is 2.50. The second kappa shape index (κ2) is 12.2. The van der Waals surface area contributed by atoms with E-state index >= 15 is 0 Å². The van der Waals surface area contributed by atoms with E-state index in [1.165, 1.54) is 24.4 Å². The summed E-state index contributed by atoms with van der Waals surface area (Å²) in [5, 5.41) is 15.9. The van der Waals surface area contributed by atoms with Crippen LogP contribution < -0.4 is 11.1 Å². The molecule has 1 aliphatic carbocycles. The monoisotopic (exact) mass is 653 g/mol. The zero-order valence-corrected chi connectivity index (χ0v) is 23.4. The molecule has 242 valence electrons. The lowest BCUT2D eigenvalue weighted by atomic mass is 9.90. The highest BCUT2D eigenvalue weighted by molar-refractivity contribution is 5.94. The van der Waals surface area contributed by atoms with E-state index in [9.17, 15) is 49.8 Å². The predicted molar refractivity (Wildman–Crippen MR) is 144 cm³/mol. The molecule has 4 N–H and O–H groups in total. The molecule has 2 atom stereocenters. The van der Waals surface area contributed by atoms with E-state index in [1.54, 1.807) is 0 Å². The number of aromatic nitrogens is 3. The predicted octanol–water partition coefficient (Wildman–Crippen LogP) is 5.50. The molecule has 16 heteroatoms. The van der Waals surface area contributed by atoms with Gasteiger partial charge in [0.25, 0.3) is 11.8 Å². The minimum atomic E-state index is -5.23. The molecule has 2 aromatic heterocycles. The van der Waals surface area contributed by atoms with Crippen molar-refractivity contribution >= 4 is 11.8 Å². The maximum Gasteiger partial charge on any atom is 0.435 e. The lowest BCUT2D eigenvalue weighted by Gasteiger charge is -2.27. The van der Waals surface area contributed by atoms with Crippen LogP contribution in [0.25, 0.3) is 11.1 Å². The molecule has 5 rings (SSSR count). The number of nitrogens with zero attached hydrogens (tertiary/aromatic N) is 3. The number of halogens is 8. The van der Waals surface area contributed by atoms with Crippen molar-refractivity contribution in [1.82, 2.24) is 20.1 Å². The number of aliphatic hydroxyl groups excluding tert-OH is 1. The summed E-state index contributed by atoms with van der Waals surface area (Å²) in [5.74, 6) is -8.95. The van der Waals surface area contributed by atoms with Gasteiger partial charge in [-0.25, -0.2) is 13.2 Å². The van der Waals surface area contributed by atoms with Crippen molar-refractivity contribution in [3.8, 4) is 11.1 Å². The molecule has 0 saturated carbocycles. The number of carbonyl (C=O) groups excluding carboxylic acids is 2. The Bertz CT molecular complexity index is 1800. The van der Waals surface area contributed by atoms with E-state index in [0.29, 0.717) is 6.07 Å². The third-order valence-corrected chi connectivity index (χ3v) is 7.37. The van der Waals surface area contributed by atoms with E-state index in [0.717, 1.165) is 24.3 Å². The van der Waals surface area contributed by atoms with Crippen molar-refractivity contribution in [2.24, 2.45) is 5.73 Å². The van der Waals surface area contributed by atoms with E-state index < -0.39 is 95.4 Å². The Balaban J connectivity index is 1.57. The van der Waals surface area contributed by atoms with Crippen LogP contribution in [0.3, 0.4) is 0 Å². The fourth-order valence-electron chi connectivity index (χ4n) is 5.46. The molecule has 0 saturated heterocycles. The number of nitrogens with two attached hydrogens (primary N) is 1. The van der Waals surface area contributed by atoms with E-state index in [4.69, 9.17) is 5.73 Å². The molecule has 0 radical (unpaired) electrons. The van der Waals surface area contributed by atoms with Crippen molar-refractivity contribution < 1.29 is 49.8 Å². The van der Waals surface area contributed by atoms with E-state index in [-0.39, 0.29) is 33.5 Å². The third-order valence-electron chi connectivity index (χ3n) is 7.37. The van der Waals surface area contributed by atoms with Gasteiger partial charge < -0.3 is 16.2 Å². The number of nitrogens with one attached hydrogen (secondary N) is 1. The molecule has 0 spiro atoms. The van der Waals surface area contributed by atoms with E-state index in [2.05, 4.69) is 15.4 Å². The number of aliphatic hydroxyl groups is 1. The number of amides is 2. The first kappa shape index (κ1) is 32.5. The molecule has 2 amide bonds. The van der Waals surface area contributed by atoms with Crippen LogP contribution in [0.15, 0.2) is 54.7 Å². The summed E-state index contributed by atoms with van der Waals surface area (Å²) in [5.41, 5.74) is 1.02. The molecule has 1 unspecified atom stereocenters. The molecule has 0 aliphatic heterocycles. The van der Waals surface area contributed by atoms with Gasteiger partial charge in [0.05, 0.1) is 23.4 Å². The number of rotatable bonds is 8. The second-order valence-corrected chi connectivity index (χ2v) is 10.6. The Morgan fingerprint density at radius 1 is 1.09 bits per heavy atom. The Labute approximate surface area is 254 Å². The number of hydrogen-bond acceptors (Lipinski definition) is 5. The second-order valence-electron chi connectivity index (χ2n) is 10.6. The summed E-state index contributed by atoms with van der Waals surface area (Å²) in [7, 11) is 0. The number of carbonyl (C=O) groups is 2. The molecule has 0 bridgehead atoms. The quantitative estimate of drug-likeness (QED) is 0.217. The summed E-state index contributed by atoms with van der Waals surface area (Å²) in [6, 6.07) is 7.45. The Kier molecular flexibility index (Phi) is 8.59. The lowest BCUT2D eigenvalue weighted by Crippen LogP contribution is -2.35. The topological polar surface area (TPSA) is 123 Å². The number of alkyl halides is 5. The molecule has 4 aromatic rings. The van der Waals surface area contributed by atoms with Crippen molar-refractivity contribution in [2.75, 3.05) is 0 Å². The van der Waals surface area contributed by atoms with Gasteiger partial charge in [0.15, 0.2) is 5.69 Å². The van der Waals surface area contributed by atoms with Crippen LogP contribution in [0.4, 0.5) is 35.1 Å². The lowest BCUT2D eigenvalue weighted by molar-refractivity contribution is -0.143. The van der Waals surface area contributed by atoms with Crippen molar-refractivity contribution in [3.63, 3.8) is 0 Å². The number of benzene rings is 2. The van der Waals surface area contributed by atoms with Crippen LogP contribution in [0.5, 0.6) is 0 Å². The SMILES string of the molecule is NC(=O)c1cc(-c2cccnc2[C@H](Cc2cc(F)cc(F)c2)NC(=O)Cn2nc(C(F)(F)F)c3c2C(F)(F)CCC3O)ccc1F. The zero-order valence-electron chi connectivity index (χ0n) is 23.4. The van der Waals surface area contributed by atoms with Crippen molar-refractivity contribution in [1.29, 1.82) is 0 Å². The Morgan fingerprint density at radius 2 is 1.78 bits per heavy atom. The maximum absolute atomic E-state index is 14.9. The van der Waals surface area contributed by atoms with Crippen molar-refractivity contribution in [3.05, 3.63) is 106 Å². The van der Waals surface area contributed by atoms with Gasteiger partial charge >= 0.3 is 6.18 Å². The van der Waals surface area contributed by atoms with Crippen LogP contribution in [-0.2, 0) is 29.9 Å². The average molecular weight is 654 g/mol. The standard InChI is InChI=1S/C30H23F8N5O3/c31-16-8-14(9-17(32)12-16)10-21(25-18(2-1-7-40-25)15-3-4-20(33)19(11-15)28(39)46)41-23(45)13-43-27-24(26(42-43)30(36,37)38)22(44)5-6-29(27,34)35/h1-4,7-9,11-12,21-22,44H,5-6,10,13H2,(H2,39,46)(H,41,45)/t21-,22?/m0/s1. The summed E-state index contributed by atoms with van der Waals surface area (Å²) >= 11 is 0. The Morgan fingerprint density at radius 3 is 2.43 bits per heavy atom.